The fourth-order valence-corrected chi connectivity index (χ4v) is 3.44. The van der Waals surface area contributed by atoms with Crippen LogP contribution in [-0.2, 0) is 20.6 Å². The Morgan fingerprint density at radius 3 is 2.71 bits per heavy atom. The molecule has 3 rings (SSSR count). The maximum Gasteiger partial charge on any atom is 0.338 e. The molecule has 0 spiro atoms. The number of carbonyl (C=O) groups excluding carboxylic acids is 1. The molecule has 28 heavy (non-hydrogen) atoms. The minimum absolute atomic E-state index is 0.322. The lowest BCUT2D eigenvalue weighted by molar-refractivity contribution is -0.150. The zero-order valence-corrected chi connectivity index (χ0v) is 16.8. The predicted molar refractivity (Wildman–Crippen MR) is 104 cm³/mol. The van der Waals surface area contributed by atoms with Crippen molar-refractivity contribution in [3.8, 4) is 5.75 Å². The Kier molecular flexibility index (Phi) is 6.23. The number of carbonyl (C=O) groups is 1. The summed E-state index contributed by atoms with van der Waals surface area (Å²) >= 11 is 0. The highest BCUT2D eigenvalue weighted by Crippen LogP contribution is 2.31. The van der Waals surface area contributed by atoms with Gasteiger partial charge in [-0.1, -0.05) is 24.3 Å². The van der Waals surface area contributed by atoms with Gasteiger partial charge in [-0.15, -0.1) is 0 Å². The van der Waals surface area contributed by atoms with Gasteiger partial charge in [0, 0.05) is 6.42 Å². The van der Waals surface area contributed by atoms with Crippen LogP contribution in [0.4, 0.5) is 0 Å². The molecule has 6 heteroatoms. The second kappa shape index (κ2) is 8.47. The summed E-state index contributed by atoms with van der Waals surface area (Å²) < 4.78 is 22.7. The number of allylic oxidation sites excluding steroid dienone is 1. The first-order valence-corrected chi connectivity index (χ1v) is 9.54. The molecule has 1 aromatic carbocycles. The maximum atomic E-state index is 12.6. The van der Waals surface area contributed by atoms with Crippen molar-refractivity contribution in [2.45, 2.75) is 63.8 Å². The second-order valence-electron chi connectivity index (χ2n) is 7.59. The highest BCUT2D eigenvalue weighted by atomic mass is 16.8. The number of aliphatic hydroxyl groups is 1. The average Bonchev–Trinajstić information content (AvgIpc) is 2.95. The lowest BCUT2D eigenvalue weighted by Crippen LogP contribution is -2.33. The minimum Gasteiger partial charge on any atom is -0.497 e. The Balaban J connectivity index is 1.94. The van der Waals surface area contributed by atoms with E-state index in [0.29, 0.717) is 24.2 Å². The van der Waals surface area contributed by atoms with Crippen LogP contribution in [0.2, 0.25) is 0 Å². The van der Waals surface area contributed by atoms with Gasteiger partial charge < -0.3 is 24.1 Å². The SMILES string of the molecule is COc1ccc2c(c1)CC=C[C@@H]1OC(C)(C)O[C@@H]1C(O)C=CC[C@H](C)OC2=O. The van der Waals surface area contributed by atoms with Crippen molar-refractivity contribution in [2.24, 2.45) is 0 Å². The molecule has 0 saturated carbocycles. The van der Waals surface area contributed by atoms with Gasteiger partial charge in [0.15, 0.2) is 5.79 Å². The highest BCUT2D eigenvalue weighted by Gasteiger charge is 2.42. The predicted octanol–water partition coefficient (Wildman–Crippen LogP) is 3.18. The van der Waals surface area contributed by atoms with Gasteiger partial charge in [0.05, 0.1) is 12.7 Å². The molecule has 0 aromatic heterocycles. The van der Waals surface area contributed by atoms with E-state index in [1.54, 1.807) is 31.4 Å². The van der Waals surface area contributed by atoms with Crippen molar-refractivity contribution in [3.63, 3.8) is 0 Å². The number of ether oxygens (including phenoxy) is 4. The molecule has 0 aliphatic carbocycles. The minimum atomic E-state index is -0.824. The molecular formula is C22H28O6. The largest absolute Gasteiger partial charge is 0.497 e. The van der Waals surface area contributed by atoms with Crippen LogP contribution in [0, 0.1) is 0 Å². The summed E-state index contributed by atoms with van der Waals surface area (Å²) in [5.74, 6) is -0.480. The molecule has 1 aromatic rings. The summed E-state index contributed by atoms with van der Waals surface area (Å²) in [6, 6.07) is 5.31. The summed E-state index contributed by atoms with van der Waals surface area (Å²) in [5, 5.41) is 10.5. The van der Waals surface area contributed by atoms with E-state index in [4.69, 9.17) is 18.9 Å². The highest BCUT2D eigenvalue weighted by molar-refractivity contribution is 5.91. The van der Waals surface area contributed by atoms with Crippen LogP contribution in [0.3, 0.4) is 0 Å². The van der Waals surface area contributed by atoms with Crippen molar-refractivity contribution < 1.29 is 28.8 Å². The van der Waals surface area contributed by atoms with Crippen molar-refractivity contribution in [2.75, 3.05) is 7.11 Å². The number of methoxy groups -OCH3 is 1. The second-order valence-corrected chi connectivity index (χ2v) is 7.59. The number of fused-ring (bicyclic) bond motifs is 2. The Labute approximate surface area is 165 Å². The molecule has 1 fully saturated rings. The van der Waals surface area contributed by atoms with Crippen molar-refractivity contribution in [1.29, 1.82) is 0 Å². The Morgan fingerprint density at radius 2 is 1.96 bits per heavy atom. The van der Waals surface area contributed by atoms with Crippen LogP contribution in [0.1, 0.15) is 43.1 Å². The van der Waals surface area contributed by atoms with E-state index in [2.05, 4.69) is 0 Å². The maximum absolute atomic E-state index is 12.6. The lowest BCUT2D eigenvalue weighted by atomic mass is 10.0. The average molecular weight is 388 g/mol. The van der Waals surface area contributed by atoms with Gasteiger partial charge in [0.2, 0.25) is 0 Å². The van der Waals surface area contributed by atoms with Gasteiger partial charge in [0.25, 0.3) is 0 Å². The topological polar surface area (TPSA) is 74.2 Å². The Bertz CT molecular complexity index is 766. The van der Waals surface area contributed by atoms with E-state index in [0.717, 1.165) is 5.56 Å². The summed E-state index contributed by atoms with van der Waals surface area (Å²) in [4.78, 5) is 12.6. The van der Waals surface area contributed by atoms with Gasteiger partial charge >= 0.3 is 5.97 Å². The number of cyclic esters (lactones) is 1. The van der Waals surface area contributed by atoms with Gasteiger partial charge in [-0.05, 0) is 51.0 Å². The molecule has 1 saturated heterocycles. The number of esters is 1. The van der Waals surface area contributed by atoms with Crippen LogP contribution >= 0.6 is 0 Å². The number of hydrogen-bond donors (Lipinski definition) is 1. The van der Waals surface area contributed by atoms with E-state index in [1.807, 2.05) is 39.0 Å². The van der Waals surface area contributed by atoms with E-state index in [9.17, 15) is 9.90 Å². The van der Waals surface area contributed by atoms with E-state index in [1.165, 1.54) is 0 Å². The smallest absolute Gasteiger partial charge is 0.338 e. The zero-order valence-electron chi connectivity index (χ0n) is 16.8. The van der Waals surface area contributed by atoms with Gasteiger partial charge in [-0.2, -0.15) is 0 Å². The van der Waals surface area contributed by atoms with Gasteiger partial charge in [-0.25, -0.2) is 4.79 Å². The molecule has 152 valence electrons. The van der Waals surface area contributed by atoms with E-state index >= 15 is 0 Å². The Morgan fingerprint density at radius 1 is 1.18 bits per heavy atom. The monoisotopic (exact) mass is 388 g/mol. The first-order valence-electron chi connectivity index (χ1n) is 9.54. The fraction of sp³-hybridized carbons (Fsp3) is 0.500. The lowest BCUT2D eigenvalue weighted by Gasteiger charge is -2.19. The molecule has 1 unspecified atom stereocenters. The molecule has 0 radical (unpaired) electrons. The summed E-state index contributed by atoms with van der Waals surface area (Å²) in [6.07, 6.45) is 6.21. The summed E-state index contributed by atoms with van der Waals surface area (Å²) in [5.41, 5.74) is 1.31. The summed E-state index contributed by atoms with van der Waals surface area (Å²) in [7, 11) is 1.59. The summed E-state index contributed by atoms with van der Waals surface area (Å²) in [6.45, 7) is 5.48. The third kappa shape index (κ3) is 4.82. The molecule has 6 nitrogen and oxygen atoms in total. The van der Waals surface area contributed by atoms with Crippen molar-refractivity contribution in [3.05, 3.63) is 53.6 Å². The molecule has 0 bridgehead atoms. The van der Waals surface area contributed by atoms with E-state index in [-0.39, 0.29) is 12.1 Å². The van der Waals surface area contributed by atoms with Crippen LogP contribution in [-0.4, -0.2) is 48.4 Å². The molecule has 2 aliphatic rings. The number of hydrogen-bond acceptors (Lipinski definition) is 6. The fourth-order valence-electron chi connectivity index (χ4n) is 3.44. The van der Waals surface area contributed by atoms with Crippen LogP contribution < -0.4 is 4.74 Å². The number of rotatable bonds is 1. The van der Waals surface area contributed by atoms with E-state index < -0.39 is 24.1 Å². The molecule has 0 amide bonds. The Hall–Kier alpha value is -2.15. The first kappa shape index (κ1) is 20.6. The van der Waals surface area contributed by atoms with Crippen molar-refractivity contribution >= 4 is 5.97 Å². The molecule has 4 atom stereocenters. The standard InChI is InChI=1S/C22H28O6/c1-14-7-5-9-18(23)20-19(27-22(2,3)28-20)10-6-8-15-13-16(25-4)11-12-17(15)21(24)26-14/h5-6,9-14,18-20,23H,7-8H2,1-4H3/t14-,18?,19-,20+/m0/s1. The van der Waals surface area contributed by atoms with Crippen LogP contribution in [0.25, 0.3) is 0 Å². The number of benzene rings is 1. The molecular weight excluding hydrogens is 360 g/mol. The third-order valence-electron chi connectivity index (χ3n) is 4.81. The normalized spacial score (nSPS) is 30.1. The van der Waals surface area contributed by atoms with Crippen molar-refractivity contribution in [1.82, 2.24) is 0 Å². The number of aliphatic hydroxyl groups excluding tert-OH is 1. The first-order chi connectivity index (χ1) is 13.3. The molecule has 2 heterocycles. The van der Waals surface area contributed by atoms with Crippen LogP contribution in [0.5, 0.6) is 5.75 Å². The van der Waals surface area contributed by atoms with Crippen LogP contribution in [0.15, 0.2) is 42.5 Å². The van der Waals surface area contributed by atoms with Gasteiger partial charge in [0.1, 0.15) is 30.2 Å². The zero-order chi connectivity index (χ0) is 20.3. The van der Waals surface area contributed by atoms with Gasteiger partial charge in [-0.3, -0.25) is 0 Å². The molecule has 1 N–H and O–H groups in total. The quantitative estimate of drug-likeness (QED) is 0.588. The molecule has 2 aliphatic heterocycles. The third-order valence-corrected chi connectivity index (χ3v) is 4.81.